The minimum Gasteiger partial charge on any atom is -0.477 e. The number of anilines is 1. The molecule has 20 heavy (non-hydrogen) atoms. The zero-order valence-corrected chi connectivity index (χ0v) is 12.4. The number of carboxylic acid groups (broad SMARTS) is 1. The number of para-hydroxylation sites is 1. The molecule has 2 rings (SSSR count). The van der Waals surface area contributed by atoms with Crippen LogP contribution in [0.4, 0.5) is 5.69 Å². The summed E-state index contributed by atoms with van der Waals surface area (Å²) in [6.45, 7) is 1.93. The monoisotopic (exact) mass is 307 g/mol. The van der Waals surface area contributed by atoms with Crippen LogP contribution in [0, 0.1) is 6.92 Å². The van der Waals surface area contributed by atoms with Crippen molar-refractivity contribution in [2.45, 2.75) is 11.8 Å². The normalized spacial score (nSPS) is 10.2. The van der Waals surface area contributed by atoms with Gasteiger partial charge in [-0.05, 0) is 24.6 Å². The summed E-state index contributed by atoms with van der Waals surface area (Å²) in [7, 11) is 0. The number of carbonyl (C=O) groups excluding carboxylic acids is 1. The lowest BCUT2D eigenvalue weighted by molar-refractivity contribution is -0.113. The summed E-state index contributed by atoms with van der Waals surface area (Å²) in [6.07, 6.45) is 0. The Morgan fingerprint density at radius 1 is 1.35 bits per heavy atom. The van der Waals surface area contributed by atoms with E-state index in [-0.39, 0.29) is 16.5 Å². The van der Waals surface area contributed by atoms with E-state index in [0.717, 1.165) is 27.5 Å². The molecule has 0 aliphatic heterocycles. The summed E-state index contributed by atoms with van der Waals surface area (Å²) in [5, 5.41) is 13.4. The van der Waals surface area contributed by atoms with Crippen molar-refractivity contribution in [3.8, 4) is 0 Å². The van der Waals surface area contributed by atoms with Crippen LogP contribution in [0.5, 0.6) is 0 Å². The van der Waals surface area contributed by atoms with Crippen molar-refractivity contribution >= 4 is 40.7 Å². The van der Waals surface area contributed by atoms with Crippen molar-refractivity contribution in [1.29, 1.82) is 0 Å². The Bertz CT molecular complexity index is 637. The van der Waals surface area contributed by atoms with Crippen LogP contribution >= 0.6 is 23.1 Å². The topological polar surface area (TPSA) is 66.4 Å². The lowest BCUT2D eigenvalue weighted by Gasteiger charge is -2.07. The fraction of sp³-hybridized carbons (Fsp3) is 0.143. The number of hydrogen-bond acceptors (Lipinski definition) is 4. The molecule has 2 aromatic rings. The highest BCUT2D eigenvalue weighted by molar-refractivity contribution is 8.00. The van der Waals surface area contributed by atoms with Crippen LogP contribution in [0.1, 0.15) is 15.2 Å². The van der Waals surface area contributed by atoms with E-state index in [4.69, 9.17) is 5.11 Å². The predicted molar refractivity (Wildman–Crippen MR) is 81.8 cm³/mol. The van der Waals surface area contributed by atoms with Gasteiger partial charge in [0.25, 0.3) is 0 Å². The molecule has 0 aliphatic carbocycles. The van der Waals surface area contributed by atoms with E-state index >= 15 is 0 Å². The molecule has 1 heterocycles. The zero-order valence-electron chi connectivity index (χ0n) is 10.8. The SMILES string of the molecule is Cc1ccccc1NC(=O)CSc1csc(C(=O)O)c1. The third-order valence-corrected chi connectivity index (χ3v) is 4.62. The molecule has 104 valence electrons. The van der Waals surface area contributed by atoms with Crippen molar-refractivity contribution in [1.82, 2.24) is 0 Å². The minimum absolute atomic E-state index is 0.104. The summed E-state index contributed by atoms with van der Waals surface area (Å²) in [6, 6.07) is 9.15. The number of rotatable bonds is 5. The van der Waals surface area contributed by atoms with Crippen LogP contribution in [-0.2, 0) is 4.79 Å². The van der Waals surface area contributed by atoms with Crippen molar-refractivity contribution in [2.75, 3.05) is 11.1 Å². The van der Waals surface area contributed by atoms with E-state index in [1.165, 1.54) is 11.8 Å². The Morgan fingerprint density at radius 3 is 2.75 bits per heavy atom. The van der Waals surface area contributed by atoms with Gasteiger partial charge in [-0.2, -0.15) is 0 Å². The maximum absolute atomic E-state index is 11.8. The Morgan fingerprint density at radius 2 is 2.10 bits per heavy atom. The molecule has 2 N–H and O–H groups in total. The fourth-order valence-electron chi connectivity index (χ4n) is 1.55. The second-order valence-electron chi connectivity index (χ2n) is 4.10. The van der Waals surface area contributed by atoms with E-state index in [1.54, 1.807) is 11.4 Å². The fourth-order valence-corrected chi connectivity index (χ4v) is 3.22. The largest absolute Gasteiger partial charge is 0.477 e. The van der Waals surface area contributed by atoms with Gasteiger partial charge < -0.3 is 10.4 Å². The van der Waals surface area contributed by atoms with Gasteiger partial charge in [0.15, 0.2) is 0 Å². The molecule has 1 aromatic heterocycles. The first kappa shape index (κ1) is 14.6. The van der Waals surface area contributed by atoms with E-state index in [9.17, 15) is 9.59 Å². The van der Waals surface area contributed by atoms with Crippen molar-refractivity contribution in [2.24, 2.45) is 0 Å². The molecule has 6 heteroatoms. The molecule has 0 radical (unpaired) electrons. The molecule has 0 bridgehead atoms. The average Bonchev–Trinajstić information content (AvgIpc) is 2.88. The predicted octanol–water partition coefficient (Wildman–Crippen LogP) is 3.49. The van der Waals surface area contributed by atoms with E-state index < -0.39 is 5.97 Å². The Balaban J connectivity index is 1.89. The van der Waals surface area contributed by atoms with Crippen molar-refractivity contribution in [3.63, 3.8) is 0 Å². The zero-order chi connectivity index (χ0) is 14.5. The lowest BCUT2D eigenvalue weighted by atomic mass is 10.2. The summed E-state index contributed by atoms with van der Waals surface area (Å²) in [5.74, 6) is -0.789. The maximum atomic E-state index is 11.8. The molecule has 0 aliphatic rings. The van der Waals surface area contributed by atoms with E-state index in [0.29, 0.717) is 0 Å². The number of carbonyl (C=O) groups is 2. The summed E-state index contributed by atoms with van der Waals surface area (Å²) < 4.78 is 0. The molecule has 4 nitrogen and oxygen atoms in total. The Hall–Kier alpha value is -1.79. The second-order valence-corrected chi connectivity index (χ2v) is 6.06. The number of nitrogens with one attached hydrogen (secondary N) is 1. The van der Waals surface area contributed by atoms with E-state index in [2.05, 4.69) is 5.32 Å². The number of aryl methyl sites for hydroxylation is 1. The number of thioether (sulfide) groups is 1. The lowest BCUT2D eigenvalue weighted by Crippen LogP contribution is -2.14. The Labute approximate surface area is 124 Å². The Kier molecular flexibility index (Phi) is 4.81. The first-order chi connectivity index (χ1) is 9.56. The second kappa shape index (κ2) is 6.58. The van der Waals surface area contributed by atoms with Gasteiger partial charge >= 0.3 is 5.97 Å². The molecular weight excluding hydrogens is 294 g/mol. The number of benzene rings is 1. The van der Waals surface area contributed by atoms with Gasteiger partial charge in [0.1, 0.15) is 4.88 Å². The van der Waals surface area contributed by atoms with Gasteiger partial charge in [0, 0.05) is 16.0 Å². The van der Waals surface area contributed by atoms with Crippen LogP contribution in [0.3, 0.4) is 0 Å². The van der Waals surface area contributed by atoms with E-state index in [1.807, 2.05) is 31.2 Å². The molecule has 1 amide bonds. The molecule has 0 fully saturated rings. The number of hydrogen-bond donors (Lipinski definition) is 2. The molecule has 0 saturated carbocycles. The highest BCUT2D eigenvalue weighted by Crippen LogP contribution is 2.25. The molecular formula is C14H13NO3S2. The van der Waals surface area contributed by atoms with Crippen molar-refractivity contribution in [3.05, 3.63) is 46.2 Å². The molecule has 0 atom stereocenters. The highest BCUT2D eigenvalue weighted by atomic mass is 32.2. The molecule has 0 saturated heterocycles. The molecule has 1 aromatic carbocycles. The number of amides is 1. The summed E-state index contributed by atoms with van der Waals surface area (Å²) in [4.78, 5) is 23.7. The first-order valence-corrected chi connectivity index (χ1v) is 7.73. The molecule has 0 unspecified atom stereocenters. The summed E-state index contributed by atoms with van der Waals surface area (Å²) >= 11 is 2.49. The molecule has 0 spiro atoms. The van der Waals surface area contributed by atoms with Crippen LogP contribution in [0.25, 0.3) is 0 Å². The van der Waals surface area contributed by atoms with Crippen LogP contribution in [-0.4, -0.2) is 22.7 Å². The minimum atomic E-state index is -0.939. The van der Waals surface area contributed by atoms with Gasteiger partial charge in [-0.3, -0.25) is 4.79 Å². The number of aromatic carboxylic acids is 1. The standard InChI is InChI=1S/C14H13NO3S2/c1-9-4-2-3-5-11(9)15-13(16)8-19-10-6-12(14(17)18)20-7-10/h2-7H,8H2,1H3,(H,15,16)(H,17,18). The van der Waals surface area contributed by atoms with Gasteiger partial charge in [-0.1, -0.05) is 18.2 Å². The smallest absolute Gasteiger partial charge is 0.345 e. The number of thiophene rings is 1. The third-order valence-electron chi connectivity index (χ3n) is 2.58. The van der Waals surface area contributed by atoms with Crippen LogP contribution in [0.15, 0.2) is 40.6 Å². The van der Waals surface area contributed by atoms with Crippen LogP contribution < -0.4 is 5.32 Å². The average molecular weight is 307 g/mol. The number of carboxylic acids is 1. The van der Waals surface area contributed by atoms with Gasteiger partial charge in [-0.15, -0.1) is 23.1 Å². The van der Waals surface area contributed by atoms with Gasteiger partial charge in [0.2, 0.25) is 5.91 Å². The highest BCUT2D eigenvalue weighted by Gasteiger charge is 2.09. The van der Waals surface area contributed by atoms with Gasteiger partial charge in [-0.25, -0.2) is 4.79 Å². The first-order valence-electron chi connectivity index (χ1n) is 5.86. The maximum Gasteiger partial charge on any atom is 0.345 e. The van der Waals surface area contributed by atoms with Gasteiger partial charge in [0.05, 0.1) is 5.75 Å². The summed E-state index contributed by atoms with van der Waals surface area (Å²) in [5.41, 5.74) is 1.81. The third kappa shape index (κ3) is 3.85. The van der Waals surface area contributed by atoms with Crippen LogP contribution in [0.2, 0.25) is 0 Å². The quantitative estimate of drug-likeness (QED) is 0.830. The van der Waals surface area contributed by atoms with Crippen molar-refractivity contribution < 1.29 is 14.7 Å².